The van der Waals surface area contributed by atoms with Gasteiger partial charge in [0, 0.05) is 12.7 Å². The highest BCUT2D eigenvalue weighted by molar-refractivity contribution is 5.97. The van der Waals surface area contributed by atoms with Crippen molar-refractivity contribution in [3.8, 4) is 0 Å². The molecule has 102 valence electrons. The number of nitrogens with zero attached hydrogens (tertiary/aromatic N) is 2. The summed E-state index contributed by atoms with van der Waals surface area (Å²) >= 11 is 0. The van der Waals surface area contributed by atoms with Gasteiger partial charge in [-0.15, -0.1) is 0 Å². The summed E-state index contributed by atoms with van der Waals surface area (Å²) < 4.78 is 7.10. The van der Waals surface area contributed by atoms with E-state index in [2.05, 4.69) is 10.4 Å². The van der Waals surface area contributed by atoms with Crippen LogP contribution in [0.2, 0.25) is 0 Å². The Morgan fingerprint density at radius 2 is 2.32 bits per heavy atom. The van der Waals surface area contributed by atoms with E-state index in [0.717, 1.165) is 5.76 Å². The van der Waals surface area contributed by atoms with Crippen LogP contribution in [0.4, 0.5) is 5.69 Å². The number of nitrogens with two attached hydrogens (primary N) is 1. The number of aromatic nitrogens is 2. The van der Waals surface area contributed by atoms with Gasteiger partial charge in [0.2, 0.25) is 0 Å². The zero-order chi connectivity index (χ0) is 14.0. The lowest BCUT2D eigenvalue weighted by Gasteiger charge is -2.10. The summed E-state index contributed by atoms with van der Waals surface area (Å²) in [6.07, 6.45) is 1.65. The lowest BCUT2D eigenvalue weighted by atomic mass is 10.2. The van der Waals surface area contributed by atoms with Crippen LogP contribution in [0.15, 0.2) is 22.7 Å². The molecule has 0 aliphatic rings. The summed E-state index contributed by atoms with van der Waals surface area (Å²) in [6.45, 7) is 6.31. The Hall–Kier alpha value is -2.24. The second kappa shape index (κ2) is 5.17. The first-order valence-corrected chi connectivity index (χ1v) is 6.21. The number of hydrogen-bond acceptors (Lipinski definition) is 4. The molecule has 0 saturated heterocycles. The molecule has 0 aliphatic heterocycles. The lowest BCUT2D eigenvalue weighted by molar-refractivity contribution is 0.0930. The Kier molecular flexibility index (Phi) is 3.59. The van der Waals surface area contributed by atoms with Crippen molar-refractivity contribution < 1.29 is 9.21 Å². The first-order chi connectivity index (χ1) is 9.01. The Morgan fingerprint density at radius 1 is 1.58 bits per heavy atom. The highest BCUT2D eigenvalue weighted by atomic mass is 16.3. The normalized spacial score (nSPS) is 12.4. The van der Waals surface area contributed by atoms with Gasteiger partial charge in [-0.1, -0.05) is 0 Å². The number of nitrogen functional groups attached to an aromatic ring is 1. The number of nitrogens with one attached hydrogen (secondary N) is 1. The molecule has 0 aliphatic carbocycles. The van der Waals surface area contributed by atoms with Gasteiger partial charge in [0.15, 0.2) is 5.69 Å². The molecule has 1 atom stereocenters. The van der Waals surface area contributed by atoms with Crippen molar-refractivity contribution in [2.45, 2.75) is 33.4 Å². The fourth-order valence-electron chi connectivity index (χ4n) is 1.80. The summed E-state index contributed by atoms with van der Waals surface area (Å²) in [4.78, 5) is 12.1. The molecule has 0 radical (unpaired) electrons. The van der Waals surface area contributed by atoms with E-state index in [1.807, 2.05) is 32.9 Å². The van der Waals surface area contributed by atoms with Gasteiger partial charge in [-0.2, -0.15) is 5.10 Å². The van der Waals surface area contributed by atoms with Gasteiger partial charge in [-0.3, -0.25) is 9.48 Å². The van der Waals surface area contributed by atoms with Gasteiger partial charge in [0.25, 0.3) is 5.91 Å². The Balaban J connectivity index is 2.10. The Morgan fingerprint density at radius 3 is 2.84 bits per heavy atom. The van der Waals surface area contributed by atoms with Gasteiger partial charge in [-0.05, 0) is 32.9 Å². The largest absolute Gasteiger partial charge is 0.464 e. The van der Waals surface area contributed by atoms with Crippen molar-refractivity contribution >= 4 is 11.6 Å². The summed E-state index contributed by atoms with van der Waals surface area (Å²) in [7, 11) is 0. The van der Waals surface area contributed by atoms with Gasteiger partial charge < -0.3 is 15.5 Å². The van der Waals surface area contributed by atoms with Crippen molar-refractivity contribution in [3.63, 3.8) is 0 Å². The molecule has 2 aromatic heterocycles. The maximum absolute atomic E-state index is 12.1. The monoisotopic (exact) mass is 262 g/mol. The minimum absolute atomic E-state index is 0.229. The van der Waals surface area contributed by atoms with Crippen LogP contribution in [0.5, 0.6) is 0 Å². The second-order valence-corrected chi connectivity index (χ2v) is 4.43. The second-order valence-electron chi connectivity index (χ2n) is 4.43. The zero-order valence-electron chi connectivity index (χ0n) is 11.3. The maximum atomic E-state index is 12.1. The topological polar surface area (TPSA) is 86.1 Å². The molecule has 2 aromatic rings. The minimum atomic E-state index is -0.300. The van der Waals surface area contributed by atoms with Gasteiger partial charge >= 0.3 is 0 Å². The van der Waals surface area contributed by atoms with Crippen molar-refractivity contribution in [1.29, 1.82) is 0 Å². The summed E-state index contributed by atoms with van der Waals surface area (Å²) in [5.74, 6) is 1.22. The summed E-state index contributed by atoms with van der Waals surface area (Å²) in [5.41, 5.74) is 6.39. The summed E-state index contributed by atoms with van der Waals surface area (Å²) in [5, 5.41) is 6.94. The zero-order valence-corrected chi connectivity index (χ0v) is 11.3. The molecule has 1 amide bonds. The fraction of sp³-hybridized carbons (Fsp3) is 0.385. The van der Waals surface area contributed by atoms with E-state index >= 15 is 0 Å². The predicted molar refractivity (Wildman–Crippen MR) is 71.6 cm³/mol. The molecule has 2 rings (SSSR count). The number of aryl methyl sites for hydroxylation is 2. The minimum Gasteiger partial charge on any atom is -0.464 e. The van der Waals surface area contributed by atoms with Crippen LogP contribution in [0, 0.1) is 6.92 Å². The molecule has 6 nitrogen and oxygen atoms in total. The van der Waals surface area contributed by atoms with Gasteiger partial charge in [-0.25, -0.2) is 0 Å². The number of furan rings is 1. The highest BCUT2D eigenvalue weighted by Crippen LogP contribution is 2.17. The van der Waals surface area contributed by atoms with Crippen molar-refractivity contribution in [3.05, 3.63) is 35.5 Å². The number of carbonyl (C=O) groups is 1. The Bertz CT molecular complexity index is 585. The first-order valence-electron chi connectivity index (χ1n) is 6.21. The number of amides is 1. The predicted octanol–water partition coefficient (Wildman–Crippen LogP) is 1.88. The van der Waals surface area contributed by atoms with E-state index in [1.165, 1.54) is 0 Å². The van der Waals surface area contributed by atoms with Crippen LogP contribution in [0.1, 0.15) is 41.9 Å². The first kappa shape index (κ1) is 13.2. The molecule has 0 bridgehead atoms. The molecule has 2 heterocycles. The molecular weight excluding hydrogens is 244 g/mol. The molecule has 6 heteroatoms. The van der Waals surface area contributed by atoms with E-state index in [4.69, 9.17) is 10.2 Å². The van der Waals surface area contributed by atoms with Gasteiger partial charge in [0.05, 0.1) is 11.7 Å². The van der Waals surface area contributed by atoms with Crippen molar-refractivity contribution in [2.75, 3.05) is 5.73 Å². The van der Waals surface area contributed by atoms with E-state index in [9.17, 15) is 4.79 Å². The summed E-state index contributed by atoms with van der Waals surface area (Å²) in [6, 6.07) is 3.47. The molecule has 0 spiro atoms. The van der Waals surface area contributed by atoms with Crippen molar-refractivity contribution in [1.82, 2.24) is 15.1 Å². The molecule has 1 unspecified atom stereocenters. The van der Waals surface area contributed by atoms with Crippen LogP contribution in [-0.2, 0) is 6.54 Å². The van der Waals surface area contributed by atoms with E-state index in [1.54, 1.807) is 10.9 Å². The third-order valence-electron chi connectivity index (χ3n) is 2.86. The average molecular weight is 262 g/mol. The van der Waals surface area contributed by atoms with Gasteiger partial charge in [0.1, 0.15) is 11.5 Å². The van der Waals surface area contributed by atoms with E-state index < -0.39 is 0 Å². The SMILES string of the molecule is CCn1cc(N)c(C(=O)NC(C)c2ccc(C)o2)n1. The number of rotatable bonds is 4. The van der Waals surface area contributed by atoms with Crippen molar-refractivity contribution in [2.24, 2.45) is 0 Å². The molecule has 0 saturated carbocycles. The van der Waals surface area contributed by atoms with Crippen LogP contribution in [0.25, 0.3) is 0 Å². The number of carbonyl (C=O) groups excluding carboxylic acids is 1. The molecule has 3 N–H and O–H groups in total. The number of hydrogen-bond donors (Lipinski definition) is 2. The van der Waals surface area contributed by atoms with E-state index in [0.29, 0.717) is 18.0 Å². The van der Waals surface area contributed by atoms with E-state index in [-0.39, 0.29) is 17.6 Å². The smallest absolute Gasteiger partial charge is 0.274 e. The van der Waals surface area contributed by atoms with Crippen LogP contribution >= 0.6 is 0 Å². The molecular formula is C13H18N4O2. The quantitative estimate of drug-likeness (QED) is 0.880. The lowest BCUT2D eigenvalue weighted by Crippen LogP contribution is -2.27. The fourth-order valence-corrected chi connectivity index (χ4v) is 1.80. The number of anilines is 1. The molecule has 0 aromatic carbocycles. The molecule has 0 fully saturated rings. The molecule has 19 heavy (non-hydrogen) atoms. The average Bonchev–Trinajstić information content (AvgIpc) is 2.95. The highest BCUT2D eigenvalue weighted by Gasteiger charge is 2.18. The van der Waals surface area contributed by atoms with Crippen LogP contribution < -0.4 is 11.1 Å². The van der Waals surface area contributed by atoms with Crippen LogP contribution in [-0.4, -0.2) is 15.7 Å². The standard InChI is InChI=1S/C13H18N4O2/c1-4-17-7-10(14)12(16-17)13(18)15-9(3)11-6-5-8(2)19-11/h5-7,9H,4,14H2,1-3H3,(H,15,18). The maximum Gasteiger partial charge on any atom is 0.274 e. The third kappa shape index (κ3) is 2.78. The Labute approximate surface area is 111 Å². The van der Waals surface area contributed by atoms with Crippen LogP contribution in [0.3, 0.4) is 0 Å². The third-order valence-corrected chi connectivity index (χ3v) is 2.86.